The van der Waals surface area contributed by atoms with Gasteiger partial charge in [0.1, 0.15) is 11.9 Å². The number of halogens is 1. The summed E-state index contributed by atoms with van der Waals surface area (Å²) >= 11 is 0. The van der Waals surface area contributed by atoms with Crippen LogP contribution in [0, 0.1) is 17.1 Å². The van der Waals surface area contributed by atoms with Crippen molar-refractivity contribution < 1.29 is 9.18 Å². The molecule has 1 atom stereocenters. The Morgan fingerprint density at radius 1 is 1.56 bits per heavy atom. The van der Waals surface area contributed by atoms with Crippen LogP contribution in [0.1, 0.15) is 25.8 Å². The molecule has 0 aliphatic rings. The molecule has 0 aromatic heterocycles. The second-order valence-electron chi connectivity index (χ2n) is 4.02. The minimum Gasteiger partial charge on any atom is -0.326 e. The van der Waals surface area contributed by atoms with Crippen molar-refractivity contribution >= 4 is 11.6 Å². The molecule has 0 radical (unpaired) electrons. The van der Waals surface area contributed by atoms with Crippen LogP contribution < -0.4 is 10.6 Å². The number of hydrogen-bond donors (Lipinski definition) is 2. The maximum atomic E-state index is 13.1. The third-order valence-electron chi connectivity index (χ3n) is 2.41. The van der Waals surface area contributed by atoms with Crippen LogP contribution in [-0.2, 0) is 4.79 Å². The van der Waals surface area contributed by atoms with E-state index in [0.29, 0.717) is 12.1 Å². The third-order valence-corrected chi connectivity index (χ3v) is 2.41. The van der Waals surface area contributed by atoms with Crippen LogP contribution in [0.4, 0.5) is 10.1 Å². The molecular weight excluding hydrogens is 233 g/mol. The average molecular weight is 249 g/mol. The summed E-state index contributed by atoms with van der Waals surface area (Å²) in [7, 11) is 0. The van der Waals surface area contributed by atoms with E-state index in [4.69, 9.17) is 5.26 Å². The Kier molecular flexibility index (Phi) is 5.28. The summed E-state index contributed by atoms with van der Waals surface area (Å²) in [4.78, 5) is 11.7. The van der Waals surface area contributed by atoms with E-state index in [9.17, 15) is 9.18 Å². The van der Waals surface area contributed by atoms with Crippen LogP contribution in [-0.4, -0.2) is 18.5 Å². The van der Waals surface area contributed by atoms with Crippen molar-refractivity contribution in [3.8, 4) is 6.07 Å². The van der Waals surface area contributed by atoms with Gasteiger partial charge in [-0.15, -0.1) is 0 Å². The van der Waals surface area contributed by atoms with Gasteiger partial charge >= 0.3 is 0 Å². The summed E-state index contributed by atoms with van der Waals surface area (Å²) in [5, 5.41) is 14.4. The number of rotatable bonds is 5. The third kappa shape index (κ3) is 4.15. The SMILES string of the molecule is CCNC(C)CC(=O)Nc1ccc(F)c(C#N)c1. The average Bonchev–Trinajstić information content (AvgIpc) is 2.31. The number of carbonyl (C=O) groups excluding carboxylic acids is 1. The predicted molar refractivity (Wildman–Crippen MR) is 67.5 cm³/mol. The first-order valence-electron chi connectivity index (χ1n) is 5.79. The molecule has 4 nitrogen and oxygen atoms in total. The van der Waals surface area contributed by atoms with E-state index in [-0.39, 0.29) is 17.5 Å². The van der Waals surface area contributed by atoms with Crippen LogP contribution in [0.25, 0.3) is 0 Å². The highest BCUT2D eigenvalue weighted by atomic mass is 19.1. The maximum Gasteiger partial charge on any atom is 0.225 e. The molecule has 1 amide bonds. The molecule has 0 saturated heterocycles. The van der Waals surface area contributed by atoms with E-state index in [2.05, 4.69) is 10.6 Å². The molecule has 0 saturated carbocycles. The monoisotopic (exact) mass is 249 g/mol. The zero-order valence-corrected chi connectivity index (χ0v) is 10.5. The Balaban J connectivity index is 2.62. The van der Waals surface area contributed by atoms with Crippen molar-refractivity contribution in [2.24, 2.45) is 0 Å². The van der Waals surface area contributed by atoms with E-state index in [1.165, 1.54) is 18.2 Å². The molecule has 1 unspecified atom stereocenters. The highest BCUT2D eigenvalue weighted by Crippen LogP contribution is 2.14. The lowest BCUT2D eigenvalue weighted by atomic mass is 10.2. The van der Waals surface area contributed by atoms with Gasteiger partial charge in [0.2, 0.25) is 5.91 Å². The van der Waals surface area contributed by atoms with Crippen LogP contribution in [0.15, 0.2) is 18.2 Å². The van der Waals surface area contributed by atoms with Gasteiger partial charge in [0.05, 0.1) is 5.56 Å². The summed E-state index contributed by atoms with van der Waals surface area (Å²) in [6.07, 6.45) is 0.326. The Bertz CT molecular complexity index is 468. The molecule has 0 heterocycles. The number of nitrogens with one attached hydrogen (secondary N) is 2. The second kappa shape index (κ2) is 6.72. The Hall–Kier alpha value is -1.93. The summed E-state index contributed by atoms with van der Waals surface area (Å²) < 4.78 is 13.1. The molecular formula is C13H16FN3O. The van der Waals surface area contributed by atoms with Gasteiger partial charge in [0.15, 0.2) is 0 Å². The predicted octanol–water partition coefficient (Wildman–Crippen LogP) is 2.02. The maximum absolute atomic E-state index is 13.1. The molecule has 2 N–H and O–H groups in total. The van der Waals surface area contributed by atoms with Gasteiger partial charge in [-0.3, -0.25) is 4.79 Å². The van der Waals surface area contributed by atoms with Gasteiger partial charge in [-0.1, -0.05) is 6.92 Å². The molecule has 5 heteroatoms. The number of nitrogens with zero attached hydrogens (tertiary/aromatic N) is 1. The smallest absolute Gasteiger partial charge is 0.225 e. The molecule has 0 aliphatic heterocycles. The molecule has 0 spiro atoms. The number of benzene rings is 1. The minimum absolute atomic E-state index is 0.0749. The molecule has 0 aliphatic carbocycles. The topological polar surface area (TPSA) is 64.9 Å². The highest BCUT2D eigenvalue weighted by molar-refractivity contribution is 5.91. The second-order valence-corrected chi connectivity index (χ2v) is 4.02. The fourth-order valence-electron chi connectivity index (χ4n) is 1.60. The van der Waals surface area contributed by atoms with Crippen LogP contribution >= 0.6 is 0 Å². The van der Waals surface area contributed by atoms with Crippen molar-refractivity contribution in [2.75, 3.05) is 11.9 Å². The molecule has 0 fully saturated rings. The van der Waals surface area contributed by atoms with Crippen molar-refractivity contribution in [3.05, 3.63) is 29.6 Å². The van der Waals surface area contributed by atoms with Crippen LogP contribution in [0.2, 0.25) is 0 Å². The first kappa shape index (κ1) is 14.1. The fourth-order valence-corrected chi connectivity index (χ4v) is 1.60. The van der Waals surface area contributed by atoms with Crippen LogP contribution in [0.5, 0.6) is 0 Å². The molecule has 1 aromatic carbocycles. The first-order chi connectivity index (χ1) is 8.56. The van der Waals surface area contributed by atoms with E-state index >= 15 is 0 Å². The summed E-state index contributed by atoms with van der Waals surface area (Å²) in [5.74, 6) is -0.754. The quantitative estimate of drug-likeness (QED) is 0.839. The molecule has 1 rings (SSSR count). The number of anilines is 1. The van der Waals surface area contributed by atoms with Gasteiger partial charge in [0.25, 0.3) is 0 Å². The van der Waals surface area contributed by atoms with E-state index < -0.39 is 5.82 Å². The Labute approximate surface area is 106 Å². The van der Waals surface area contributed by atoms with E-state index in [0.717, 1.165) is 6.54 Å². The number of hydrogen-bond acceptors (Lipinski definition) is 3. The molecule has 96 valence electrons. The number of amides is 1. The van der Waals surface area contributed by atoms with Gasteiger partial charge in [-0.2, -0.15) is 5.26 Å². The highest BCUT2D eigenvalue weighted by Gasteiger charge is 2.09. The van der Waals surface area contributed by atoms with Crippen LogP contribution in [0.3, 0.4) is 0 Å². The zero-order valence-electron chi connectivity index (χ0n) is 10.5. The molecule has 0 bridgehead atoms. The lowest BCUT2D eigenvalue weighted by Crippen LogP contribution is -2.30. The van der Waals surface area contributed by atoms with E-state index in [1.807, 2.05) is 13.8 Å². The number of carbonyl (C=O) groups is 1. The Morgan fingerprint density at radius 2 is 2.28 bits per heavy atom. The summed E-state index contributed by atoms with van der Waals surface area (Å²) in [6, 6.07) is 5.74. The van der Waals surface area contributed by atoms with E-state index in [1.54, 1.807) is 6.07 Å². The first-order valence-corrected chi connectivity index (χ1v) is 5.79. The van der Waals surface area contributed by atoms with Crippen molar-refractivity contribution in [2.45, 2.75) is 26.3 Å². The number of nitriles is 1. The normalized spacial score (nSPS) is 11.7. The van der Waals surface area contributed by atoms with Crippen molar-refractivity contribution in [1.82, 2.24) is 5.32 Å². The van der Waals surface area contributed by atoms with Gasteiger partial charge < -0.3 is 10.6 Å². The summed E-state index contributed by atoms with van der Waals surface area (Å²) in [5.41, 5.74) is 0.356. The minimum atomic E-state index is -0.587. The van der Waals surface area contributed by atoms with Gasteiger partial charge in [0, 0.05) is 18.2 Å². The zero-order chi connectivity index (χ0) is 13.5. The summed E-state index contributed by atoms with van der Waals surface area (Å²) in [6.45, 7) is 4.67. The van der Waals surface area contributed by atoms with Gasteiger partial charge in [-0.05, 0) is 31.7 Å². The van der Waals surface area contributed by atoms with Crippen molar-refractivity contribution in [3.63, 3.8) is 0 Å². The lowest BCUT2D eigenvalue weighted by Gasteiger charge is -2.12. The lowest BCUT2D eigenvalue weighted by molar-refractivity contribution is -0.116. The standard InChI is InChI=1S/C13H16FN3O/c1-3-16-9(2)6-13(18)17-11-4-5-12(14)10(7-11)8-15/h4-5,7,9,16H,3,6H2,1-2H3,(H,17,18). The molecule has 1 aromatic rings. The largest absolute Gasteiger partial charge is 0.326 e. The Morgan fingerprint density at radius 3 is 2.89 bits per heavy atom. The van der Waals surface area contributed by atoms with Crippen molar-refractivity contribution in [1.29, 1.82) is 5.26 Å². The van der Waals surface area contributed by atoms with Gasteiger partial charge in [-0.25, -0.2) is 4.39 Å². The fraction of sp³-hybridized carbons (Fsp3) is 0.385. The molecule has 18 heavy (non-hydrogen) atoms.